The van der Waals surface area contributed by atoms with Gasteiger partial charge in [-0.1, -0.05) is 12.1 Å². The van der Waals surface area contributed by atoms with Gasteiger partial charge in [0.25, 0.3) is 5.91 Å². The number of hydrogen-bond donors (Lipinski definition) is 2. The van der Waals surface area contributed by atoms with Gasteiger partial charge < -0.3 is 4.55 Å². The van der Waals surface area contributed by atoms with E-state index in [0.29, 0.717) is 4.90 Å². The van der Waals surface area contributed by atoms with Crippen molar-refractivity contribution in [1.29, 1.82) is 0 Å². The molecule has 11 heteroatoms. The maximum atomic E-state index is 15.8. The van der Waals surface area contributed by atoms with Gasteiger partial charge in [-0.3, -0.25) is 24.6 Å². The van der Waals surface area contributed by atoms with Gasteiger partial charge in [0.05, 0.1) is 0 Å². The molecule has 8 nitrogen and oxygen atoms in total. The number of amides is 4. The molecule has 4 amide bonds. The first-order chi connectivity index (χ1) is 15.7. The summed E-state index contributed by atoms with van der Waals surface area (Å²) in [6.07, 6.45) is -0.812. The van der Waals surface area contributed by atoms with Gasteiger partial charge in [-0.25, -0.2) is 13.6 Å². The molecular weight excluding hydrogens is 468 g/mol. The summed E-state index contributed by atoms with van der Waals surface area (Å²) in [6.45, 7) is 7.84. The third-order valence-electron chi connectivity index (χ3n) is 5.75. The standard InChI is InChI=1S/C23H29F2N3O5S/c1-11(2)28-21(31)16(20(30)26-22(28)32)19(29)17(25)18(27-34(33)23(3,4)5)14-10-13(12-6-7-12)8-9-15(14)24/h8-12,16-18,27H,6-7H2,1-5H3,(H,26,30,32)/t16?,17-,18+,34?/m1/s1. The Balaban J connectivity index is 1.99. The molecule has 1 aliphatic heterocycles. The lowest BCUT2D eigenvalue weighted by Gasteiger charge is -2.34. The van der Waals surface area contributed by atoms with Crippen LogP contribution in [0, 0.1) is 11.7 Å². The van der Waals surface area contributed by atoms with Crippen LogP contribution in [0.1, 0.15) is 70.5 Å². The largest absolute Gasteiger partial charge is 0.598 e. The van der Waals surface area contributed by atoms with E-state index in [2.05, 4.69) is 4.72 Å². The van der Waals surface area contributed by atoms with Crippen LogP contribution in [0.5, 0.6) is 0 Å². The van der Waals surface area contributed by atoms with Crippen LogP contribution < -0.4 is 10.0 Å². The lowest BCUT2D eigenvalue weighted by Crippen LogP contribution is -2.63. The number of nitrogens with one attached hydrogen (secondary N) is 2. The zero-order valence-corrected chi connectivity index (χ0v) is 20.5. The van der Waals surface area contributed by atoms with Crippen molar-refractivity contribution in [3.05, 3.63) is 35.1 Å². The second-order valence-electron chi connectivity index (χ2n) is 9.87. The number of imide groups is 2. The van der Waals surface area contributed by atoms with E-state index in [1.165, 1.54) is 19.9 Å². The summed E-state index contributed by atoms with van der Waals surface area (Å²) in [6, 6.07) is 0.744. The number of carbonyl (C=O) groups is 4. The number of carbonyl (C=O) groups excluding carboxylic acids is 4. The average molecular weight is 498 g/mol. The Morgan fingerprint density at radius 2 is 1.85 bits per heavy atom. The minimum absolute atomic E-state index is 0.193. The molecule has 2 N–H and O–H groups in total. The normalized spacial score (nSPS) is 22.0. The summed E-state index contributed by atoms with van der Waals surface area (Å²) in [7, 11) is 0. The number of Topliss-reactive ketones (excluding diaryl/α,β-unsaturated/α-hetero) is 1. The first kappa shape index (κ1) is 26.2. The summed E-state index contributed by atoms with van der Waals surface area (Å²) >= 11 is -1.92. The van der Waals surface area contributed by atoms with Gasteiger partial charge in [0.2, 0.25) is 5.91 Å². The molecule has 1 saturated carbocycles. The van der Waals surface area contributed by atoms with Crippen molar-refractivity contribution in [2.45, 2.75) is 76.4 Å². The fourth-order valence-electron chi connectivity index (χ4n) is 3.70. The SMILES string of the molecule is CC(C)N1C(=O)NC(=O)C(C(=O)[C@H](F)[C@@H](N[S+]([O-])C(C)(C)C)c2cc(C3CC3)ccc2F)C1=O. The van der Waals surface area contributed by atoms with Crippen LogP contribution in [0.25, 0.3) is 0 Å². The first-order valence-electron chi connectivity index (χ1n) is 11.1. The van der Waals surface area contributed by atoms with Gasteiger partial charge in [-0.2, -0.15) is 0 Å². The van der Waals surface area contributed by atoms with Crippen LogP contribution in [-0.2, 0) is 25.7 Å². The zero-order chi connectivity index (χ0) is 25.5. The van der Waals surface area contributed by atoms with Crippen molar-refractivity contribution in [2.24, 2.45) is 5.92 Å². The molecule has 0 radical (unpaired) electrons. The van der Waals surface area contributed by atoms with Crippen LogP contribution in [0.15, 0.2) is 18.2 Å². The minimum atomic E-state index is -2.60. The van der Waals surface area contributed by atoms with E-state index in [9.17, 15) is 28.1 Å². The molecule has 2 aliphatic rings. The summed E-state index contributed by atoms with van der Waals surface area (Å²) in [5.74, 6) is -6.60. The molecule has 1 heterocycles. The molecule has 1 aromatic carbocycles. The average Bonchev–Trinajstić information content (AvgIpc) is 3.55. The highest BCUT2D eigenvalue weighted by Gasteiger charge is 2.50. The van der Waals surface area contributed by atoms with Gasteiger partial charge >= 0.3 is 6.03 Å². The van der Waals surface area contributed by atoms with Crippen LogP contribution in [0.2, 0.25) is 0 Å². The van der Waals surface area contributed by atoms with Crippen molar-refractivity contribution in [2.75, 3.05) is 0 Å². The molecule has 3 rings (SSSR count). The van der Waals surface area contributed by atoms with E-state index in [-0.39, 0.29) is 11.5 Å². The summed E-state index contributed by atoms with van der Waals surface area (Å²) in [5.41, 5.74) is 0.538. The molecule has 0 aromatic heterocycles. The number of alkyl halides is 1. The highest BCUT2D eigenvalue weighted by atomic mass is 32.2. The highest BCUT2D eigenvalue weighted by Crippen LogP contribution is 2.41. The van der Waals surface area contributed by atoms with Crippen LogP contribution >= 0.6 is 0 Å². The Bertz CT molecular complexity index is 1010. The van der Waals surface area contributed by atoms with E-state index < -0.39 is 69.7 Å². The van der Waals surface area contributed by atoms with Gasteiger partial charge in [0.1, 0.15) is 16.6 Å². The Hall–Kier alpha value is -2.37. The topological polar surface area (TPSA) is 119 Å². The number of urea groups is 1. The third-order valence-corrected chi connectivity index (χ3v) is 7.34. The molecule has 186 valence electrons. The molecule has 1 aromatic rings. The summed E-state index contributed by atoms with van der Waals surface area (Å²) in [5, 5.41) is 1.90. The molecule has 34 heavy (non-hydrogen) atoms. The van der Waals surface area contributed by atoms with E-state index in [0.717, 1.165) is 24.5 Å². The predicted octanol–water partition coefficient (Wildman–Crippen LogP) is 2.81. The van der Waals surface area contributed by atoms with E-state index in [1.807, 2.05) is 5.32 Å². The molecule has 0 bridgehead atoms. The van der Waals surface area contributed by atoms with Gasteiger partial charge in [-0.05, 0) is 65.0 Å². The number of rotatable bonds is 8. The Kier molecular flexibility index (Phi) is 7.49. The smallest absolute Gasteiger partial charge is 0.331 e. The molecule has 0 spiro atoms. The van der Waals surface area contributed by atoms with Crippen LogP contribution in [-0.4, -0.2) is 50.0 Å². The summed E-state index contributed by atoms with van der Waals surface area (Å²) in [4.78, 5) is 51.0. The quantitative estimate of drug-likeness (QED) is 0.421. The highest BCUT2D eigenvalue weighted by molar-refractivity contribution is 7.90. The zero-order valence-electron chi connectivity index (χ0n) is 19.7. The molecule has 1 aliphatic carbocycles. The van der Waals surface area contributed by atoms with Crippen molar-refractivity contribution >= 4 is 35.0 Å². The summed E-state index contributed by atoms with van der Waals surface area (Å²) < 4.78 is 45.1. The Morgan fingerprint density at radius 3 is 2.38 bits per heavy atom. The third kappa shape index (κ3) is 5.31. The fourth-order valence-corrected chi connectivity index (χ4v) is 4.53. The monoisotopic (exact) mass is 497 g/mol. The Labute approximate surface area is 200 Å². The van der Waals surface area contributed by atoms with Crippen LogP contribution in [0.3, 0.4) is 0 Å². The maximum Gasteiger partial charge on any atom is 0.331 e. The first-order valence-corrected chi connectivity index (χ1v) is 12.2. The number of benzene rings is 1. The van der Waals surface area contributed by atoms with Gasteiger partial charge in [-0.15, -0.1) is 4.72 Å². The van der Waals surface area contributed by atoms with E-state index in [4.69, 9.17) is 0 Å². The van der Waals surface area contributed by atoms with Crippen molar-refractivity contribution in [3.63, 3.8) is 0 Å². The lowest BCUT2D eigenvalue weighted by atomic mass is 9.89. The fraction of sp³-hybridized carbons (Fsp3) is 0.565. The van der Waals surface area contributed by atoms with Gasteiger partial charge in [0.15, 0.2) is 17.9 Å². The second-order valence-corrected chi connectivity index (χ2v) is 11.9. The molecule has 2 fully saturated rings. The number of ketones is 1. The van der Waals surface area contributed by atoms with Crippen molar-refractivity contribution in [1.82, 2.24) is 14.9 Å². The van der Waals surface area contributed by atoms with Gasteiger partial charge in [0, 0.05) is 23.0 Å². The molecular formula is C23H29F2N3O5S. The number of nitrogens with zero attached hydrogens (tertiary/aromatic N) is 1. The second kappa shape index (κ2) is 9.71. The number of halogens is 2. The Morgan fingerprint density at radius 1 is 1.24 bits per heavy atom. The number of hydrogen-bond acceptors (Lipinski definition) is 6. The lowest BCUT2D eigenvalue weighted by molar-refractivity contribution is -0.150. The molecule has 2 unspecified atom stereocenters. The molecule has 1 saturated heterocycles. The predicted molar refractivity (Wildman–Crippen MR) is 121 cm³/mol. The van der Waals surface area contributed by atoms with Crippen molar-refractivity contribution < 1.29 is 32.5 Å². The van der Waals surface area contributed by atoms with Crippen molar-refractivity contribution in [3.8, 4) is 0 Å². The minimum Gasteiger partial charge on any atom is -0.598 e. The maximum absolute atomic E-state index is 15.8. The van der Waals surface area contributed by atoms with E-state index >= 15 is 4.39 Å². The molecule has 4 atom stereocenters. The van der Waals surface area contributed by atoms with Crippen LogP contribution in [0.4, 0.5) is 13.6 Å². The number of barbiturate groups is 1. The van der Waals surface area contributed by atoms with E-state index in [1.54, 1.807) is 26.8 Å².